The Balaban J connectivity index is 1.42. The van der Waals surface area contributed by atoms with Crippen LogP contribution in [0.1, 0.15) is 0 Å². The third kappa shape index (κ3) is 4.80. The molecule has 25 heavy (non-hydrogen) atoms. The monoisotopic (exact) mass is 362 g/mol. The van der Waals surface area contributed by atoms with Crippen molar-refractivity contribution in [1.29, 1.82) is 0 Å². The first kappa shape index (κ1) is 17.4. The Bertz CT molecular complexity index is 701. The van der Waals surface area contributed by atoms with Crippen LogP contribution in [-0.4, -0.2) is 54.1 Å². The van der Waals surface area contributed by atoms with Crippen LogP contribution in [0.25, 0.3) is 0 Å². The quantitative estimate of drug-likeness (QED) is 0.581. The Morgan fingerprint density at radius 3 is 2.44 bits per heavy atom. The molecule has 132 valence electrons. The molecule has 0 saturated carbocycles. The Morgan fingerprint density at radius 2 is 1.84 bits per heavy atom. The van der Waals surface area contributed by atoms with Crippen LogP contribution in [0.2, 0.25) is 5.02 Å². The molecule has 2 heterocycles. The lowest BCUT2D eigenvalue weighted by molar-refractivity contribution is -0.385. The summed E-state index contributed by atoms with van der Waals surface area (Å²) in [6, 6.07) is 10.5. The summed E-state index contributed by atoms with van der Waals surface area (Å²) in [6.07, 6.45) is 1.31. The fourth-order valence-corrected chi connectivity index (χ4v) is 2.82. The summed E-state index contributed by atoms with van der Waals surface area (Å²) in [5.74, 6) is 1.60. The predicted molar refractivity (Wildman–Crippen MR) is 96.5 cm³/mol. The van der Waals surface area contributed by atoms with Gasteiger partial charge in [0.1, 0.15) is 24.4 Å². The number of anilines is 1. The molecule has 0 aliphatic carbocycles. The molecule has 0 atom stereocenters. The van der Waals surface area contributed by atoms with Crippen LogP contribution >= 0.6 is 11.6 Å². The molecule has 3 rings (SSSR count). The second-order valence-electron chi connectivity index (χ2n) is 5.76. The summed E-state index contributed by atoms with van der Waals surface area (Å²) >= 11 is 5.85. The number of rotatable bonds is 6. The highest BCUT2D eigenvalue weighted by Crippen LogP contribution is 2.18. The minimum absolute atomic E-state index is 0.0155. The molecular formula is C17H19ClN4O3. The van der Waals surface area contributed by atoms with Crippen molar-refractivity contribution in [3.05, 3.63) is 57.7 Å². The molecule has 1 aromatic carbocycles. The van der Waals surface area contributed by atoms with E-state index in [1.54, 1.807) is 6.07 Å². The first-order valence-electron chi connectivity index (χ1n) is 8.08. The molecule has 1 aliphatic rings. The van der Waals surface area contributed by atoms with Crippen LogP contribution in [-0.2, 0) is 0 Å². The van der Waals surface area contributed by atoms with Crippen molar-refractivity contribution >= 4 is 23.1 Å². The summed E-state index contributed by atoms with van der Waals surface area (Å²) in [4.78, 5) is 18.9. The fraction of sp³-hybridized carbons (Fsp3) is 0.353. The van der Waals surface area contributed by atoms with Gasteiger partial charge in [-0.2, -0.15) is 0 Å². The zero-order chi connectivity index (χ0) is 17.6. The number of aromatic nitrogens is 1. The molecule has 0 bridgehead atoms. The van der Waals surface area contributed by atoms with Crippen molar-refractivity contribution < 1.29 is 9.66 Å². The van der Waals surface area contributed by atoms with Gasteiger partial charge in [-0.15, -0.1) is 0 Å². The van der Waals surface area contributed by atoms with Crippen molar-refractivity contribution in [3.63, 3.8) is 0 Å². The number of nitrogens with zero attached hydrogens (tertiary/aromatic N) is 4. The number of nitro groups is 1. The average Bonchev–Trinajstić information content (AvgIpc) is 2.64. The molecular weight excluding hydrogens is 344 g/mol. The molecule has 1 fully saturated rings. The Morgan fingerprint density at radius 1 is 1.12 bits per heavy atom. The summed E-state index contributed by atoms with van der Waals surface area (Å²) in [5.41, 5.74) is 0.0155. The number of piperazine rings is 1. The minimum Gasteiger partial charge on any atom is -0.492 e. The maximum absolute atomic E-state index is 10.7. The van der Waals surface area contributed by atoms with Crippen LogP contribution in [0.5, 0.6) is 5.75 Å². The van der Waals surface area contributed by atoms with Crippen LogP contribution in [0.4, 0.5) is 11.5 Å². The van der Waals surface area contributed by atoms with Gasteiger partial charge >= 0.3 is 0 Å². The molecule has 1 saturated heterocycles. The number of ether oxygens (including phenoxy) is 1. The van der Waals surface area contributed by atoms with E-state index in [1.165, 1.54) is 12.3 Å². The molecule has 0 N–H and O–H groups in total. The second kappa shape index (κ2) is 8.13. The zero-order valence-electron chi connectivity index (χ0n) is 13.7. The maximum Gasteiger partial charge on any atom is 0.287 e. The van der Waals surface area contributed by atoms with E-state index in [4.69, 9.17) is 16.3 Å². The van der Waals surface area contributed by atoms with E-state index in [0.29, 0.717) is 11.6 Å². The SMILES string of the molecule is O=[N+]([O-])c1ccc(N2CCN(CCOc3ccc(Cl)cc3)CC2)nc1. The van der Waals surface area contributed by atoms with Crippen LogP contribution in [0, 0.1) is 10.1 Å². The van der Waals surface area contributed by atoms with Gasteiger partial charge in [-0.1, -0.05) is 11.6 Å². The average molecular weight is 363 g/mol. The predicted octanol–water partition coefficient (Wildman–Crippen LogP) is 2.84. The zero-order valence-corrected chi connectivity index (χ0v) is 14.4. The molecule has 0 spiro atoms. The van der Waals surface area contributed by atoms with Crippen LogP contribution in [0.15, 0.2) is 42.6 Å². The minimum atomic E-state index is -0.435. The molecule has 7 nitrogen and oxygen atoms in total. The van der Waals surface area contributed by atoms with Crippen molar-refractivity contribution in [1.82, 2.24) is 9.88 Å². The molecule has 1 aliphatic heterocycles. The first-order chi connectivity index (χ1) is 12.1. The van der Waals surface area contributed by atoms with Crippen molar-refractivity contribution in [2.45, 2.75) is 0 Å². The first-order valence-corrected chi connectivity index (χ1v) is 8.46. The number of hydrogen-bond acceptors (Lipinski definition) is 6. The lowest BCUT2D eigenvalue weighted by Gasteiger charge is -2.35. The summed E-state index contributed by atoms with van der Waals surface area (Å²) < 4.78 is 5.72. The highest BCUT2D eigenvalue weighted by Gasteiger charge is 2.18. The number of pyridine rings is 1. The van der Waals surface area contributed by atoms with E-state index < -0.39 is 4.92 Å². The van der Waals surface area contributed by atoms with Crippen molar-refractivity contribution in [2.24, 2.45) is 0 Å². The molecule has 1 aromatic heterocycles. The summed E-state index contributed by atoms with van der Waals surface area (Å²) in [6.45, 7) is 4.96. The summed E-state index contributed by atoms with van der Waals surface area (Å²) in [7, 11) is 0. The number of halogens is 1. The van der Waals surface area contributed by atoms with E-state index in [0.717, 1.165) is 44.3 Å². The van der Waals surface area contributed by atoms with E-state index in [2.05, 4.69) is 14.8 Å². The van der Waals surface area contributed by atoms with Crippen molar-refractivity contribution in [2.75, 3.05) is 44.2 Å². The molecule has 8 heteroatoms. The van der Waals surface area contributed by atoms with Crippen LogP contribution in [0.3, 0.4) is 0 Å². The van der Waals surface area contributed by atoms with Gasteiger partial charge in [0.15, 0.2) is 0 Å². The molecule has 0 unspecified atom stereocenters. The van der Waals surface area contributed by atoms with Gasteiger partial charge in [-0.05, 0) is 30.3 Å². The summed E-state index contributed by atoms with van der Waals surface area (Å²) in [5, 5.41) is 11.4. The standard InChI is InChI=1S/C17H19ClN4O3/c18-14-1-4-16(5-2-14)25-12-11-20-7-9-21(10-8-20)17-6-3-15(13-19-17)22(23)24/h1-6,13H,7-12H2. The molecule has 0 amide bonds. The topological polar surface area (TPSA) is 71.7 Å². The second-order valence-corrected chi connectivity index (χ2v) is 6.20. The van der Waals surface area contributed by atoms with Gasteiger partial charge in [0.05, 0.1) is 4.92 Å². The number of benzene rings is 1. The fourth-order valence-electron chi connectivity index (χ4n) is 2.70. The largest absolute Gasteiger partial charge is 0.492 e. The Labute approximate surface area is 150 Å². The van der Waals surface area contributed by atoms with Gasteiger partial charge in [0, 0.05) is 43.8 Å². The third-order valence-corrected chi connectivity index (χ3v) is 4.38. The smallest absolute Gasteiger partial charge is 0.287 e. The van der Waals surface area contributed by atoms with E-state index in [9.17, 15) is 10.1 Å². The van der Waals surface area contributed by atoms with Gasteiger partial charge in [-0.3, -0.25) is 15.0 Å². The molecule has 0 radical (unpaired) electrons. The lowest BCUT2D eigenvalue weighted by Crippen LogP contribution is -2.47. The Hall–Kier alpha value is -2.38. The maximum atomic E-state index is 10.7. The third-order valence-electron chi connectivity index (χ3n) is 4.13. The molecule has 2 aromatic rings. The van der Waals surface area contributed by atoms with Crippen LogP contribution < -0.4 is 9.64 Å². The van der Waals surface area contributed by atoms with Gasteiger partial charge in [0.2, 0.25) is 0 Å². The van der Waals surface area contributed by atoms with E-state index in [1.807, 2.05) is 24.3 Å². The van der Waals surface area contributed by atoms with Gasteiger partial charge < -0.3 is 9.64 Å². The van der Waals surface area contributed by atoms with Crippen molar-refractivity contribution in [3.8, 4) is 5.75 Å². The Kier molecular flexibility index (Phi) is 5.67. The van der Waals surface area contributed by atoms with Gasteiger partial charge in [-0.25, -0.2) is 4.98 Å². The highest BCUT2D eigenvalue weighted by molar-refractivity contribution is 6.30. The lowest BCUT2D eigenvalue weighted by atomic mass is 10.3. The van der Waals surface area contributed by atoms with Gasteiger partial charge in [0.25, 0.3) is 5.69 Å². The van der Waals surface area contributed by atoms with E-state index in [-0.39, 0.29) is 5.69 Å². The number of hydrogen-bond donors (Lipinski definition) is 0. The normalized spacial score (nSPS) is 15.2. The highest BCUT2D eigenvalue weighted by atomic mass is 35.5. The van der Waals surface area contributed by atoms with E-state index >= 15 is 0 Å².